The summed E-state index contributed by atoms with van der Waals surface area (Å²) < 4.78 is 0. The molecule has 1 atom stereocenters. The van der Waals surface area contributed by atoms with Crippen molar-refractivity contribution in [2.24, 2.45) is 5.84 Å². The number of hydrogen-bond acceptors (Lipinski definition) is 4. The average Bonchev–Trinajstić information content (AvgIpc) is 2.65. The van der Waals surface area contributed by atoms with Crippen molar-refractivity contribution in [3.63, 3.8) is 0 Å². The Morgan fingerprint density at radius 1 is 1.67 bits per heavy atom. The van der Waals surface area contributed by atoms with Crippen molar-refractivity contribution < 1.29 is 0 Å². The van der Waals surface area contributed by atoms with Gasteiger partial charge in [-0.05, 0) is 32.4 Å². The van der Waals surface area contributed by atoms with Crippen LogP contribution in [0.4, 0.5) is 5.82 Å². The van der Waals surface area contributed by atoms with Crippen LogP contribution in [0.2, 0.25) is 0 Å². The number of aromatic nitrogens is 1. The van der Waals surface area contributed by atoms with Gasteiger partial charge in [-0.25, -0.2) is 10.8 Å². The first-order valence-electron chi connectivity index (χ1n) is 5.46. The zero-order chi connectivity index (χ0) is 10.7. The van der Waals surface area contributed by atoms with Gasteiger partial charge in [0.2, 0.25) is 0 Å². The molecule has 1 aliphatic heterocycles. The Morgan fingerprint density at radius 2 is 2.53 bits per heavy atom. The number of nitrogen functional groups attached to an aromatic ring is 1. The third-order valence-corrected chi connectivity index (χ3v) is 3.09. The van der Waals surface area contributed by atoms with Gasteiger partial charge in [-0.2, -0.15) is 0 Å². The minimum absolute atomic E-state index is 0.677. The van der Waals surface area contributed by atoms with E-state index in [2.05, 4.69) is 28.3 Å². The molecule has 82 valence electrons. The first kappa shape index (κ1) is 10.4. The fraction of sp³-hybridized carbons (Fsp3) is 0.545. The number of anilines is 1. The molecule has 0 amide bonds. The Labute approximate surface area is 90.5 Å². The first-order valence-corrected chi connectivity index (χ1v) is 5.46. The van der Waals surface area contributed by atoms with Crippen molar-refractivity contribution in [3.8, 4) is 0 Å². The van der Waals surface area contributed by atoms with Crippen LogP contribution in [0, 0.1) is 0 Å². The van der Waals surface area contributed by atoms with Gasteiger partial charge in [-0.3, -0.25) is 4.90 Å². The smallest absolute Gasteiger partial charge is 0.144 e. The monoisotopic (exact) mass is 206 g/mol. The maximum Gasteiger partial charge on any atom is 0.144 e. The summed E-state index contributed by atoms with van der Waals surface area (Å²) in [6.45, 7) is 4.40. The van der Waals surface area contributed by atoms with Gasteiger partial charge in [-0.15, -0.1) is 0 Å². The van der Waals surface area contributed by atoms with Gasteiger partial charge in [0.25, 0.3) is 0 Å². The second-order valence-corrected chi connectivity index (χ2v) is 4.12. The lowest BCUT2D eigenvalue weighted by molar-refractivity contribution is 0.260. The summed E-state index contributed by atoms with van der Waals surface area (Å²) in [5.41, 5.74) is 3.82. The number of pyridine rings is 1. The van der Waals surface area contributed by atoms with E-state index in [1.807, 2.05) is 6.07 Å². The molecule has 1 unspecified atom stereocenters. The van der Waals surface area contributed by atoms with Crippen molar-refractivity contribution in [2.75, 3.05) is 12.0 Å². The van der Waals surface area contributed by atoms with Gasteiger partial charge < -0.3 is 5.43 Å². The van der Waals surface area contributed by atoms with E-state index in [4.69, 9.17) is 5.84 Å². The molecule has 0 saturated carbocycles. The van der Waals surface area contributed by atoms with Crippen molar-refractivity contribution in [2.45, 2.75) is 32.4 Å². The molecular weight excluding hydrogens is 188 g/mol. The molecule has 0 bridgehead atoms. The summed E-state index contributed by atoms with van der Waals surface area (Å²) >= 11 is 0. The molecule has 15 heavy (non-hydrogen) atoms. The van der Waals surface area contributed by atoms with Crippen LogP contribution in [0.25, 0.3) is 0 Å². The second kappa shape index (κ2) is 4.59. The number of nitrogens with two attached hydrogens (primary N) is 1. The van der Waals surface area contributed by atoms with Gasteiger partial charge in [-0.1, -0.05) is 6.07 Å². The summed E-state index contributed by atoms with van der Waals surface area (Å²) in [7, 11) is 0. The average molecular weight is 206 g/mol. The number of rotatable bonds is 3. The lowest BCUT2D eigenvalue weighted by atomic mass is 10.2. The van der Waals surface area contributed by atoms with Crippen molar-refractivity contribution >= 4 is 5.82 Å². The summed E-state index contributed by atoms with van der Waals surface area (Å²) in [4.78, 5) is 6.67. The second-order valence-electron chi connectivity index (χ2n) is 4.12. The van der Waals surface area contributed by atoms with Crippen LogP contribution in [-0.2, 0) is 6.54 Å². The number of nitrogens with one attached hydrogen (secondary N) is 1. The maximum absolute atomic E-state index is 5.43. The molecule has 1 fully saturated rings. The van der Waals surface area contributed by atoms with Crippen LogP contribution in [0.3, 0.4) is 0 Å². The topological polar surface area (TPSA) is 54.2 Å². The minimum atomic E-state index is 0.677. The van der Waals surface area contributed by atoms with Gasteiger partial charge >= 0.3 is 0 Å². The Bertz CT molecular complexity index is 326. The number of hydrogen-bond donors (Lipinski definition) is 2. The third kappa shape index (κ3) is 2.27. The highest BCUT2D eigenvalue weighted by atomic mass is 15.3. The Hall–Kier alpha value is -1.13. The molecule has 3 N–H and O–H groups in total. The lowest BCUT2D eigenvalue weighted by Gasteiger charge is -2.21. The Morgan fingerprint density at radius 3 is 3.20 bits per heavy atom. The molecule has 0 spiro atoms. The maximum atomic E-state index is 5.43. The number of nitrogens with zero attached hydrogens (tertiary/aromatic N) is 2. The highest BCUT2D eigenvalue weighted by molar-refractivity contribution is 5.42. The van der Waals surface area contributed by atoms with Crippen LogP contribution in [0.15, 0.2) is 18.3 Å². The summed E-state index contributed by atoms with van der Waals surface area (Å²) in [5.74, 6) is 6.22. The van der Waals surface area contributed by atoms with Gasteiger partial charge in [0, 0.05) is 24.3 Å². The minimum Gasteiger partial charge on any atom is -0.308 e. The SMILES string of the molecule is CC1CCCN1Cc1cccnc1NN. The molecule has 1 saturated heterocycles. The normalized spacial score (nSPS) is 21.9. The van der Waals surface area contributed by atoms with Gasteiger partial charge in [0.1, 0.15) is 5.82 Å². The molecule has 1 aromatic heterocycles. The van der Waals surface area contributed by atoms with E-state index >= 15 is 0 Å². The lowest BCUT2D eigenvalue weighted by Crippen LogP contribution is -2.27. The van der Waals surface area contributed by atoms with Crippen LogP contribution in [-0.4, -0.2) is 22.5 Å². The van der Waals surface area contributed by atoms with Crippen molar-refractivity contribution in [3.05, 3.63) is 23.9 Å². The van der Waals surface area contributed by atoms with Crippen LogP contribution < -0.4 is 11.3 Å². The third-order valence-electron chi connectivity index (χ3n) is 3.09. The van der Waals surface area contributed by atoms with E-state index in [9.17, 15) is 0 Å². The van der Waals surface area contributed by atoms with Gasteiger partial charge in [0.15, 0.2) is 0 Å². The van der Waals surface area contributed by atoms with Crippen LogP contribution >= 0.6 is 0 Å². The fourth-order valence-electron chi connectivity index (χ4n) is 2.14. The van der Waals surface area contributed by atoms with E-state index < -0.39 is 0 Å². The molecule has 1 aliphatic rings. The summed E-state index contributed by atoms with van der Waals surface area (Å²) in [6.07, 6.45) is 4.35. The first-order chi connectivity index (χ1) is 7.31. The van der Waals surface area contributed by atoms with Crippen LogP contribution in [0.1, 0.15) is 25.3 Å². The van der Waals surface area contributed by atoms with E-state index in [0.717, 1.165) is 12.4 Å². The highest BCUT2D eigenvalue weighted by Crippen LogP contribution is 2.21. The molecule has 0 radical (unpaired) electrons. The Balaban J connectivity index is 2.09. The molecule has 4 heteroatoms. The van der Waals surface area contributed by atoms with E-state index in [1.165, 1.54) is 24.9 Å². The molecule has 1 aromatic rings. The van der Waals surface area contributed by atoms with E-state index in [-0.39, 0.29) is 0 Å². The number of hydrazine groups is 1. The quantitative estimate of drug-likeness (QED) is 0.579. The van der Waals surface area contributed by atoms with E-state index in [0.29, 0.717) is 6.04 Å². The molecule has 2 heterocycles. The predicted molar refractivity (Wildman–Crippen MR) is 61.2 cm³/mol. The van der Waals surface area contributed by atoms with Crippen LogP contribution in [0.5, 0.6) is 0 Å². The standard InChI is InChI=1S/C11H18N4/c1-9-4-3-7-15(9)8-10-5-2-6-13-11(10)14-12/h2,5-6,9H,3-4,7-8,12H2,1H3,(H,13,14). The Kier molecular flexibility index (Phi) is 3.18. The molecule has 4 nitrogen and oxygen atoms in total. The van der Waals surface area contributed by atoms with Gasteiger partial charge in [0.05, 0.1) is 0 Å². The van der Waals surface area contributed by atoms with Crippen molar-refractivity contribution in [1.29, 1.82) is 0 Å². The fourth-order valence-corrected chi connectivity index (χ4v) is 2.14. The number of likely N-dealkylation sites (tertiary alicyclic amines) is 1. The predicted octanol–water partition coefficient (Wildman–Crippen LogP) is 1.35. The zero-order valence-electron chi connectivity index (χ0n) is 9.11. The summed E-state index contributed by atoms with van der Waals surface area (Å²) in [6, 6.07) is 4.71. The molecule has 0 aliphatic carbocycles. The molecular formula is C11H18N4. The van der Waals surface area contributed by atoms with Crippen molar-refractivity contribution in [1.82, 2.24) is 9.88 Å². The summed E-state index contributed by atoms with van der Waals surface area (Å²) in [5, 5.41) is 0. The van der Waals surface area contributed by atoms with E-state index in [1.54, 1.807) is 6.20 Å². The zero-order valence-corrected chi connectivity index (χ0v) is 9.11. The molecule has 2 rings (SSSR count). The largest absolute Gasteiger partial charge is 0.308 e. The molecule has 0 aromatic carbocycles. The highest BCUT2D eigenvalue weighted by Gasteiger charge is 2.20.